The first kappa shape index (κ1) is 23.4. The Hall–Kier alpha value is -4.28. The molecule has 0 atom stereocenters. The molecule has 1 aliphatic rings. The van der Waals surface area contributed by atoms with Crippen molar-refractivity contribution in [2.75, 3.05) is 13.7 Å². The number of methoxy groups -OCH3 is 1. The molecule has 0 fully saturated rings. The van der Waals surface area contributed by atoms with E-state index in [0.29, 0.717) is 37.3 Å². The van der Waals surface area contributed by atoms with Crippen molar-refractivity contribution >= 4 is 17.8 Å². The summed E-state index contributed by atoms with van der Waals surface area (Å²) in [5, 5.41) is 24.8. The van der Waals surface area contributed by atoms with Crippen LogP contribution in [-0.2, 0) is 24.3 Å². The Morgan fingerprint density at radius 2 is 1.97 bits per heavy atom. The van der Waals surface area contributed by atoms with Gasteiger partial charge in [0.05, 0.1) is 37.3 Å². The fraction of sp³-hybridized carbons (Fsp3) is 0.273. The molecule has 0 spiro atoms. The lowest BCUT2D eigenvalue weighted by molar-refractivity contribution is -0.134. The predicted molar refractivity (Wildman–Crippen MR) is 117 cm³/mol. The predicted octanol–water partition coefficient (Wildman–Crippen LogP) is 1.43. The summed E-state index contributed by atoms with van der Waals surface area (Å²) >= 11 is 0. The lowest BCUT2D eigenvalue weighted by Gasteiger charge is -2.26. The molecule has 0 saturated heterocycles. The highest BCUT2D eigenvalue weighted by molar-refractivity contribution is 5.95. The third kappa shape index (κ3) is 5.91. The van der Waals surface area contributed by atoms with Crippen molar-refractivity contribution in [1.82, 2.24) is 30.6 Å². The summed E-state index contributed by atoms with van der Waals surface area (Å²) in [6.45, 7) is 2.29. The van der Waals surface area contributed by atoms with Crippen LogP contribution in [-0.4, -0.2) is 61.8 Å². The molecule has 0 aliphatic carbocycles. The number of nitrogens with one attached hydrogen (secondary N) is 2. The first-order valence-corrected chi connectivity index (χ1v) is 10.1. The zero-order valence-electron chi connectivity index (χ0n) is 18.2. The molecule has 1 aromatic carbocycles. The van der Waals surface area contributed by atoms with E-state index in [-0.39, 0.29) is 11.8 Å². The number of para-hydroxylation sites is 1. The fourth-order valence-electron chi connectivity index (χ4n) is 3.39. The summed E-state index contributed by atoms with van der Waals surface area (Å²) in [4.78, 5) is 36.0. The fourth-order valence-corrected chi connectivity index (χ4v) is 3.39. The van der Waals surface area contributed by atoms with E-state index in [1.807, 2.05) is 24.3 Å². The maximum absolute atomic E-state index is 12.7. The Morgan fingerprint density at radius 1 is 1.21 bits per heavy atom. The van der Waals surface area contributed by atoms with Gasteiger partial charge in [-0.25, -0.2) is 0 Å². The van der Waals surface area contributed by atoms with Crippen molar-refractivity contribution in [3.05, 3.63) is 70.8 Å². The number of benzene rings is 1. The number of aliphatic carboxylic acids is 1. The minimum Gasteiger partial charge on any atom is -0.496 e. The second-order valence-corrected chi connectivity index (χ2v) is 7.15. The molecule has 172 valence electrons. The van der Waals surface area contributed by atoms with Crippen molar-refractivity contribution in [3.8, 4) is 5.75 Å². The van der Waals surface area contributed by atoms with Gasteiger partial charge in [-0.2, -0.15) is 15.3 Å². The van der Waals surface area contributed by atoms with Gasteiger partial charge in [0.1, 0.15) is 5.75 Å². The lowest BCUT2D eigenvalue weighted by Crippen LogP contribution is -2.36. The largest absolute Gasteiger partial charge is 0.496 e. The summed E-state index contributed by atoms with van der Waals surface area (Å²) < 4.78 is 5.31. The van der Waals surface area contributed by atoms with Gasteiger partial charge in [-0.15, -0.1) is 0 Å². The number of hydrogen-bond donors (Lipinski definition) is 3. The van der Waals surface area contributed by atoms with Crippen LogP contribution in [0.15, 0.2) is 42.7 Å². The number of carboxylic acid groups (broad SMARTS) is 1. The molecule has 4 rings (SSSR count). The van der Waals surface area contributed by atoms with Crippen molar-refractivity contribution < 1.29 is 24.2 Å². The number of fused-ring (bicyclic) bond motifs is 1. The monoisotopic (exact) mass is 452 g/mol. The minimum atomic E-state index is -0.833. The molecular formula is C22H24N6O5. The molecule has 2 aromatic heterocycles. The van der Waals surface area contributed by atoms with E-state index >= 15 is 0 Å². The number of carboxylic acids is 1. The van der Waals surface area contributed by atoms with Gasteiger partial charge in [-0.05, 0) is 18.6 Å². The lowest BCUT2D eigenvalue weighted by atomic mass is 10.0. The van der Waals surface area contributed by atoms with Crippen LogP contribution in [0, 0.1) is 0 Å². The van der Waals surface area contributed by atoms with E-state index in [0.717, 1.165) is 29.5 Å². The number of carbonyl (C=O) groups is 3. The zero-order valence-corrected chi connectivity index (χ0v) is 18.2. The maximum atomic E-state index is 12.7. The van der Waals surface area contributed by atoms with Gasteiger partial charge in [-0.3, -0.25) is 19.5 Å². The number of rotatable bonds is 5. The molecule has 3 heterocycles. The van der Waals surface area contributed by atoms with Gasteiger partial charge in [0.15, 0.2) is 5.69 Å². The smallest absolute Gasteiger partial charge is 0.300 e. The molecule has 0 unspecified atom stereocenters. The number of ether oxygens (including phenoxy) is 1. The van der Waals surface area contributed by atoms with E-state index in [9.17, 15) is 9.59 Å². The zero-order chi connectivity index (χ0) is 23.8. The van der Waals surface area contributed by atoms with Gasteiger partial charge in [0.25, 0.3) is 17.8 Å². The van der Waals surface area contributed by atoms with Crippen LogP contribution >= 0.6 is 0 Å². The van der Waals surface area contributed by atoms with Crippen LogP contribution in [0.3, 0.4) is 0 Å². The van der Waals surface area contributed by atoms with Gasteiger partial charge in [-0.1, -0.05) is 18.2 Å². The highest BCUT2D eigenvalue weighted by Gasteiger charge is 2.28. The number of amides is 2. The van der Waals surface area contributed by atoms with Crippen LogP contribution in [0.4, 0.5) is 0 Å². The van der Waals surface area contributed by atoms with Crippen molar-refractivity contribution in [1.29, 1.82) is 0 Å². The second kappa shape index (κ2) is 10.8. The van der Waals surface area contributed by atoms with E-state index in [1.54, 1.807) is 18.1 Å². The minimum absolute atomic E-state index is 0.123. The Bertz CT molecular complexity index is 1130. The van der Waals surface area contributed by atoms with Crippen LogP contribution in [0.2, 0.25) is 0 Å². The quantitative estimate of drug-likeness (QED) is 0.526. The van der Waals surface area contributed by atoms with Crippen molar-refractivity contribution in [2.45, 2.75) is 26.4 Å². The Labute approximate surface area is 189 Å². The third-order valence-corrected chi connectivity index (χ3v) is 4.90. The SMILES string of the molecule is CC(=O)O.COc1ccccc1CNC(=O)c1n[nH]c2c1CCN(C(=O)c1ccnnc1)C2. The molecule has 0 saturated carbocycles. The van der Waals surface area contributed by atoms with Crippen LogP contribution in [0.1, 0.15) is 44.6 Å². The summed E-state index contributed by atoms with van der Waals surface area (Å²) in [7, 11) is 1.60. The maximum Gasteiger partial charge on any atom is 0.300 e. The summed E-state index contributed by atoms with van der Waals surface area (Å²) in [6.07, 6.45) is 3.48. The summed E-state index contributed by atoms with van der Waals surface area (Å²) in [6, 6.07) is 9.15. The van der Waals surface area contributed by atoms with Crippen LogP contribution in [0.25, 0.3) is 0 Å². The van der Waals surface area contributed by atoms with E-state index in [1.165, 1.54) is 12.4 Å². The van der Waals surface area contributed by atoms with Gasteiger partial charge < -0.3 is 20.1 Å². The third-order valence-electron chi connectivity index (χ3n) is 4.90. The summed E-state index contributed by atoms with van der Waals surface area (Å²) in [5.74, 6) is -0.495. The highest BCUT2D eigenvalue weighted by atomic mass is 16.5. The molecule has 3 N–H and O–H groups in total. The van der Waals surface area contributed by atoms with Gasteiger partial charge in [0, 0.05) is 31.1 Å². The molecule has 33 heavy (non-hydrogen) atoms. The number of carbonyl (C=O) groups excluding carboxylic acids is 2. The average Bonchev–Trinajstić information content (AvgIpc) is 3.26. The van der Waals surface area contributed by atoms with Gasteiger partial charge >= 0.3 is 0 Å². The van der Waals surface area contributed by atoms with Crippen molar-refractivity contribution in [2.24, 2.45) is 0 Å². The van der Waals surface area contributed by atoms with E-state index in [2.05, 4.69) is 25.7 Å². The van der Waals surface area contributed by atoms with Crippen LogP contribution in [0.5, 0.6) is 5.75 Å². The number of aromatic nitrogens is 4. The number of hydrogen-bond acceptors (Lipinski definition) is 7. The first-order chi connectivity index (χ1) is 15.9. The van der Waals surface area contributed by atoms with Gasteiger partial charge in [0.2, 0.25) is 0 Å². The molecule has 11 heteroatoms. The van der Waals surface area contributed by atoms with E-state index in [4.69, 9.17) is 14.6 Å². The Kier molecular flexibility index (Phi) is 7.68. The van der Waals surface area contributed by atoms with Crippen LogP contribution < -0.4 is 10.1 Å². The molecule has 11 nitrogen and oxygen atoms in total. The number of aromatic amines is 1. The standard InChI is InChI=1S/C20H20N6O3.C2H4O2/c1-29-17-5-3-2-4-13(17)10-21-19(27)18-15-7-9-26(12-16(15)24-25-18)20(28)14-6-8-22-23-11-14;1-2(3)4/h2-6,8,11H,7,9-10,12H2,1H3,(H,21,27)(H,24,25);1H3,(H,3,4). The topological polar surface area (TPSA) is 150 Å². The van der Waals surface area contributed by atoms with Crippen molar-refractivity contribution in [3.63, 3.8) is 0 Å². The number of H-pyrrole nitrogens is 1. The molecule has 0 radical (unpaired) electrons. The molecule has 1 aliphatic heterocycles. The average molecular weight is 452 g/mol. The molecular weight excluding hydrogens is 428 g/mol. The highest BCUT2D eigenvalue weighted by Crippen LogP contribution is 2.22. The Morgan fingerprint density at radius 3 is 2.67 bits per heavy atom. The molecule has 0 bridgehead atoms. The normalized spacial score (nSPS) is 12.1. The molecule has 3 aromatic rings. The number of nitrogens with zero attached hydrogens (tertiary/aromatic N) is 4. The van der Waals surface area contributed by atoms with E-state index < -0.39 is 5.97 Å². The summed E-state index contributed by atoms with van der Waals surface area (Å²) in [5.41, 5.74) is 3.36. The first-order valence-electron chi connectivity index (χ1n) is 10.1. The second-order valence-electron chi connectivity index (χ2n) is 7.15. The Balaban J connectivity index is 0.000000709. The molecule has 2 amide bonds.